The highest BCUT2D eigenvalue weighted by Crippen LogP contribution is 2.21. The number of carbonyl (C=O) groups is 2. The zero-order chi connectivity index (χ0) is 20.1. The van der Waals surface area contributed by atoms with Crippen molar-refractivity contribution in [3.8, 4) is 0 Å². The van der Waals surface area contributed by atoms with Crippen LogP contribution in [0.3, 0.4) is 0 Å². The van der Waals surface area contributed by atoms with Crippen LogP contribution in [-0.2, 0) is 31.7 Å². The van der Waals surface area contributed by atoms with Crippen LogP contribution in [0.2, 0.25) is 0 Å². The lowest BCUT2D eigenvalue weighted by Crippen LogP contribution is -2.30. The van der Waals surface area contributed by atoms with Gasteiger partial charge in [0.2, 0.25) is 11.8 Å². The minimum absolute atomic E-state index is 0.122. The number of hydrogen-bond acceptors (Lipinski definition) is 4. The van der Waals surface area contributed by atoms with Crippen LogP contribution in [0.4, 0.5) is 5.69 Å². The first-order chi connectivity index (χ1) is 13.3. The summed E-state index contributed by atoms with van der Waals surface area (Å²) in [5, 5.41) is 2.64. The predicted molar refractivity (Wildman–Crippen MR) is 112 cm³/mol. The van der Waals surface area contributed by atoms with Gasteiger partial charge >= 0.3 is 0 Å². The lowest BCUT2D eigenvalue weighted by molar-refractivity contribution is -0.119. The summed E-state index contributed by atoms with van der Waals surface area (Å²) in [5.41, 5.74) is 2.32. The first-order valence-corrected chi connectivity index (χ1v) is 11.5. The van der Waals surface area contributed by atoms with Gasteiger partial charge in [-0.05, 0) is 41.8 Å². The average Bonchev–Trinajstić information content (AvgIpc) is 3.05. The third-order valence-electron chi connectivity index (χ3n) is 4.44. The van der Waals surface area contributed by atoms with E-state index in [4.69, 9.17) is 0 Å². The zero-order valence-corrected chi connectivity index (χ0v) is 17.6. The summed E-state index contributed by atoms with van der Waals surface area (Å²) in [5.74, 6) is -1.15. The van der Waals surface area contributed by atoms with Crippen molar-refractivity contribution in [2.24, 2.45) is 0 Å². The van der Waals surface area contributed by atoms with E-state index in [1.165, 1.54) is 0 Å². The van der Waals surface area contributed by atoms with Crippen LogP contribution in [0, 0.1) is 0 Å². The van der Waals surface area contributed by atoms with E-state index in [1.54, 1.807) is 23.1 Å². The van der Waals surface area contributed by atoms with Crippen molar-refractivity contribution in [1.82, 2.24) is 5.32 Å². The van der Waals surface area contributed by atoms with Crippen LogP contribution in [0.15, 0.2) is 53.0 Å². The van der Waals surface area contributed by atoms with E-state index in [-0.39, 0.29) is 18.2 Å². The van der Waals surface area contributed by atoms with Crippen molar-refractivity contribution >= 4 is 43.3 Å². The molecule has 1 saturated heterocycles. The summed E-state index contributed by atoms with van der Waals surface area (Å²) >= 11 is 3.31. The van der Waals surface area contributed by atoms with Crippen LogP contribution in [-0.4, -0.2) is 32.5 Å². The fourth-order valence-electron chi connectivity index (χ4n) is 3.10. The Labute approximate surface area is 173 Å². The van der Waals surface area contributed by atoms with Gasteiger partial charge in [-0.1, -0.05) is 40.2 Å². The van der Waals surface area contributed by atoms with E-state index in [0.29, 0.717) is 12.0 Å². The van der Waals surface area contributed by atoms with E-state index in [2.05, 4.69) is 21.2 Å². The second-order valence-electron chi connectivity index (χ2n) is 6.75. The Balaban J connectivity index is 1.51. The number of nitrogens with one attached hydrogen (secondary N) is 1. The van der Waals surface area contributed by atoms with Crippen LogP contribution in [0.1, 0.15) is 24.0 Å². The minimum atomic E-state index is -3.56. The maximum absolute atomic E-state index is 12.2. The summed E-state index contributed by atoms with van der Waals surface area (Å²) in [6.45, 7) is 0.963. The molecule has 0 bridgehead atoms. The quantitative estimate of drug-likeness (QED) is 0.682. The summed E-state index contributed by atoms with van der Waals surface area (Å²) in [6, 6.07) is 14.4. The molecule has 0 atom stereocenters. The van der Waals surface area contributed by atoms with E-state index in [1.807, 2.05) is 30.3 Å². The molecule has 2 aromatic carbocycles. The molecular formula is C20H21BrN2O4S. The molecule has 28 heavy (non-hydrogen) atoms. The Morgan fingerprint density at radius 3 is 2.50 bits per heavy atom. The number of carbonyl (C=O) groups excluding carboxylic acids is 2. The maximum atomic E-state index is 12.2. The number of anilines is 1. The van der Waals surface area contributed by atoms with Gasteiger partial charge in [-0.3, -0.25) is 9.59 Å². The van der Waals surface area contributed by atoms with Gasteiger partial charge in [0.25, 0.3) is 0 Å². The Hall–Kier alpha value is -2.19. The maximum Gasteiger partial charge on any atom is 0.235 e. The molecule has 148 valence electrons. The molecule has 0 spiro atoms. The summed E-state index contributed by atoms with van der Waals surface area (Å²) in [7, 11) is -3.56. The molecule has 1 N–H and O–H groups in total. The first kappa shape index (κ1) is 20.5. The van der Waals surface area contributed by atoms with Gasteiger partial charge in [-0.15, -0.1) is 0 Å². The molecule has 1 heterocycles. The molecule has 1 fully saturated rings. The number of amides is 2. The number of hydrogen-bond donors (Lipinski definition) is 1. The van der Waals surface area contributed by atoms with Crippen LogP contribution in [0.25, 0.3) is 0 Å². The van der Waals surface area contributed by atoms with Gasteiger partial charge in [0.15, 0.2) is 9.84 Å². The largest absolute Gasteiger partial charge is 0.351 e. The zero-order valence-electron chi connectivity index (χ0n) is 15.2. The van der Waals surface area contributed by atoms with E-state index in [0.717, 1.165) is 28.7 Å². The second-order valence-corrected chi connectivity index (χ2v) is 9.73. The van der Waals surface area contributed by atoms with Crippen LogP contribution < -0.4 is 10.2 Å². The highest BCUT2D eigenvalue weighted by atomic mass is 79.9. The molecule has 1 aliphatic rings. The molecule has 0 aromatic heterocycles. The molecule has 2 aromatic rings. The normalized spacial score (nSPS) is 14.3. The van der Waals surface area contributed by atoms with Crippen LogP contribution in [0.5, 0.6) is 0 Å². The lowest BCUT2D eigenvalue weighted by Gasteiger charge is -2.16. The van der Waals surface area contributed by atoms with Gasteiger partial charge in [0.1, 0.15) is 5.75 Å². The highest BCUT2D eigenvalue weighted by Gasteiger charge is 2.21. The standard InChI is InChI=1S/C20H21BrN2O4S/c21-17-4-1-3-16(11-17)13-28(26,27)14-19(24)22-12-15-6-8-18(9-7-15)23-10-2-5-20(23)25/h1,3-4,6-9,11H,2,5,10,12-14H2,(H,22,24). The number of nitrogens with zero attached hydrogens (tertiary/aromatic N) is 1. The topological polar surface area (TPSA) is 83.6 Å². The van der Waals surface area contributed by atoms with Crippen molar-refractivity contribution in [3.05, 3.63) is 64.1 Å². The van der Waals surface area contributed by atoms with Gasteiger partial charge in [-0.2, -0.15) is 0 Å². The number of benzene rings is 2. The van der Waals surface area contributed by atoms with Crippen molar-refractivity contribution in [3.63, 3.8) is 0 Å². The van der Waals surface area contributed by atoms with E-state index in [9.17, 15) is 18.0 Å². The molecule has 0 radical (unpaired) electrons. The Morgan fingerprint density at radius 1 is 1.11 bits per heavy atom. The predicted octanol–water partition coefficient (Wildman–Crippen LogP) is 2.81. The van der Waals surface area contributed by atoms with E-state index < -0.39 is 21.5 Å². The number of sulfone groups is 1. The SMILES string of the molecule is O=C(CS(=O)(=O)Cc1cccc(Br)c1)NCc1ccc(N2CCCC2=O)cc1. The van der Waals surface area contributed by atoms with Crippen LogP contribution >= 0.6 is 15.9 Å². The molecular weight excluding hydrogens is 444 g/mol. The van der Waals surface area contributed by atoms with Gasteiger partial charge in [0, 0.05) is 29.7 Å². The van der Waals surface area contributed by atoms with Crippen molar-refractivity contribution < 1.29 is 18.0 Å². The molecule has 6 nitrogen and oxygen atoms in total. The Kier molecular flexibility index (Phi) is 6.51. The van der Waals surface area contributed by atoms with E-state index >= 15 is 0 Å². The summed E-state index contributed by atoms with van der Waals surface area (Å²) in [6.07, 6.45) is 1.44. The Morgan fingerprint density at radius 2 is 1.86 bits per heavy atom. The minimum Gasteiger partial charge on any atom is -0.351 e. The monoisotopic (exact) mass is 464 g/mol. The van der Waals surface area contributed by atoms with Gasteiger partial charge in [0.05, 0.1) is 5.75 Å². The molecule has 0 unspecified atom stereocenters. The molecule has 2 amide bonds. The fraction of sp³-hybridized carbons (Fsp3) is 0.300. The third kappa shape index (κ3) is 5.65. The molecule has 1 aliphatic heterocycles. The van der Waals surface area contributed by atoms with Crippen molar-refractivity contribution in [1.29, 1.82) is 0 Å². The fourth-order valence-corrected chi connectivity index (χ4v) is 4.84. The number of rotatable bonds is 7. The Bertz CT molecular complexity index is 974. The van der Waals surface area contributed by atoms with Crippen molar-refractivity contribution in [2.75, 3.05) is 17.2 Å². The molecule has 8 heteroatoms. The average molecular weight is 465 g/mol. The molecule has 3 rings (SSSR count). The highest BCUT2D eigenvalue weighted by molar-refractivity contribution is 9.10. The lowest BCUT2D eigenvalue weighted by atomic mass is 10.2. The third-order valence-corrected chi connectivity index (χ3v) is 6.41. The molecule has 0 saturated carbocycles. The van der Waals surface area contributed by atoms with Gasteiger partial charge < -0.3 is 10.2 Å². The molecule has 0 aliphatic carbocycles. The van der Waals surface area contributed by atoms with Gasteiger partial charge in [-0.25, -0.2) is 8.42 Å². The summed E-state index contributed by atoms with van der Waals surface area (Å²) < 4.78 is 25.3. The van der Waals surface area contributed by atoms with Crippen molar-refractivity contribution in [2.45, 2.75) is 25.1 Å². The first-order valence-electron chi connectivity index (χ1n) is 8.93. The number of halogens is 1. The smallest absolute Gasteiger partial charge is 0.235 e. The summed E-state index contributed by atoms with van der Waals surface area (Å²) in [4.78, 5) is 25.6. The second kappa shape index (κ2) is 8.87.